The third-order valence-corrected chi connectivity index (χ3v) is 11.7. The number of hydrogen-bond acceptors (Lipinski definition) is 9. The van der Waals surface area contributed by atoms with E-state index in [4.69, 9.17) is 9.47 Å². The number of nitrogens with one attached hydrogen (secondary N) is 3. The second kappa shape index (κ2) is 13.3. The first-order chi connectivity index (χ1) is 23.2. The van der Waals surface area contributed by atoms with Crippen LogP contribution in [0.2, 0.25) is 0 Å². The van der Waals surface area contributed by atoms with Crippen LogP contribution < -0.4 is 20.1 Å². The highest BCUT2D eigenvalue weighted by Crippen LogP contribution is 2.45. The average Bonchev–Trinajstić information content (AvgIpc) is 3.97. The van der Waals surface area contributed by atoms with Gasteiger partial charge in [0, 0.05) is 23.9 Å². The number of cyclic esters (lactones) is 1. The molecule has 6 rings (SSSR count). The molecule has 3 N–H and O–H groups in total. The van der Waals surface area contributed by atoms with Crippen molar-refractivity contribution >= 4 is 44.6 Å². The first-order valence-corrected chi connectivity index (χ1v) is 18.6. The number of ether oxygens (including phenoxy) is 2. The summed E-state index contributed by atoms with van der Waals surface area (Å²) in [7, 11) is -3.88. The van der Waals surface area contributed by atoms with Gasteiger partial charge in [-0.05, 0) is 73.4 Å². The number of nitrogens with zero attached hydrogens (tertiary/aromatic N) is 2. The minimum Gasteiger partial charge on any atom is -0.472 e. The van der Waals surface area contributed by atoms with Gasteiger partial charge in [-0.15, -0.1) is 6.58 Å². The standard InChI is InChI=1S/C35H45N5O8S/c1-5-23-19-35(23,32(43)39-49(45,46)25-12-13-25)38-29(41)27-18-24-20-40(27)31(42)28(34(2,3)4)37-33(44)47-16-8-6-7-9-21-10-11-22-14-15-36-30(48-24)26(22)17-21/h5,10-11,14-15,17,23-25,27-28H,1,6-9,12-13,16,18-20H2,2-4H3,(H,37,44)(H,38,41)(H,39,43)/t23-,24-,27+,28-,35-/m1/s1. The first-order valence-electron chi connectivity index (χ1n) is 17.0. The molecule has 3 heterocycles. The van der Waals surface area contributed by atoms with Gasteiger partial charge in [-0.1, -0.05) is 39.0 Å². The van der Waals surface area contributed by atoms with Gasteiger partial charge < -0.3 is 25.0 Å². The molecular weight excluding hydrogens is 650 g/mol. The number of sulfonamides is 1. The molecule has 2 aromatic rings. The molecule has 4 amide bonds. The summed E-state index contributed by atoms with van der Waals surface area (Å²) >= 11 is 0. The molecule has 13 nitrogen and oxygen atoms in total. The van der Waals surface area contributed by atoms with Gasteiger partial charge in [0.25, 0.3) is 5.91 Å². The van der Waals surface area contributed by atoms with Crippen LogP contribution >= 0.6 is 0 Å². The van der Waals surface area contributed by atoms with Crippen LogP contribution in [-0.4, -0.2) is 84.2 Å². The molecule has 0 spiro atoms. The molecule has 2 saturated carbocycles. The van der Waals surface area contributed by atoms with Crippen molar-refractivity contribution < 1.29 is 37.1 Å². The molecule has 264 valence electrons. The molecule has 1 aromatic carbocycles. The van der Waals surface area contributed by atoms with Crippen LogP contribution in [0.25, 0.3) is 10.8 Å². The van der Waals surface area contributed by atoms with Crippen LogP contribution in [0.3, 0.4) is 0 Å². The Bertz CT molecular complexity index is 1770. The van der Waals surface area contributed by atoms with Crippen molar-refractivity contribution in [1.29, 1.82) is 0 Å². The van der Waals surface area contributed by atoms with Crippen LogP contribution in [0.5, 0.6) is 5.88 Å². The van der Waals surface area contributed by atoms with E-state index in [2.05, 4.69) is 33.0 Å². The number of aromatic nitrogens is 1. The van der Waals surface area contributed by atoms with E-state index in [1.165, 1.54) is 11.0 Å². The summed E-state index contributed by atoms with van der Waals surface area (Å²) in [5, 5.41) is 6.65. The Morgan fingerprint density at radius 1 is 1.14 bits per heavy atom. The predicted molar refractivity (Wildman–Crippen MR) is 181 cm³/mol. The zero-order valence-corrected chi connectivity index (χ0v) is 29.0. The molecule has 1 aromatic heterocycles. The number of carbonyl (C=O) groups excluding carboxylic acids is 4. The van der Waals surface area contributed by atoms with E-state index >= 15 is 0 Å². The average molecular weight is 696 g/mol. The predicted octanol–water partition coefficient (Wildman–Crippen LogP) is 3.12. The number of benzene rings is 1. The fourth-order valence-corrected chi connectivity index (χ4v) is 8.10. The van der Waals surface area contributed by atoms with Crippen molar-refractivity contribution in [1.82, 2.24) is 25.2 Å². The zero-order valence-electron chi connectivity index (χ0n) is 28.2. The Morgan fingerprint density at radius 2 is 1.92 bits per heavy atom. The van der Waals surface area contributed by atoms with Crippen LogP contribution in [0.1, 0.15) is 71.3 Å². The number of fused-ring (bicyclic) bond motifs is 3. The number of carbonyl (C=O) groups is 4. The van der Waals surface area contributed by atoms with E-state index in [1.54, 1.807) is 27.0 Å². The first kappa shape index (κ1) is 34.7. The van der Waals surface area contributed by atoms with E-state index in [-0.39, 0.29) is 26.0 Å². The Labute approximate surface area is 286 Å². The van der Waals surface area contributed by atoms with Crippen molar-refractivity contribution in [3.05, 3.63) is 48.7 Å². The van der Waals surface area contributed by atoms with Crippen LogP contribution in [0, 0.1) is 11.3 Å². The monoisotopic (exact) mass is 695 g/mol. The number of amides is 4. The largest absolute Gasteiger partial charge is 0.472 e. The van der Waals surface area contributed by atoms with Gasteiger partial charge in [0.15, 0.2) is 0 Å². The maximum absolute atomic E-state index is 14.4. The van der Waals surface area contributed by atoms with Gasteiger partial charge in [0.05, 0.1) is 18.4 Å². The summed E-state index contributed by atoms with van der Waals surface area (Å²) in [5.41, 5.74) is -1.19. The molecular formula is C35H45N5O8S. The quantitative estimate of drug-likeness (QED) is 0.384. The van der Waals surface area contributed by atoms with E-state index in [9.17, 15) is 27.6 Å². The van der Waals surface area contributed by atoms with Gasteiger partial charge >= 0.3 is 6.09 Å². The van der Waals surface area contributed by atoms with Crippen LogP contribution in [-0.2, 0) is 35.6 Å². The molecule has 1 saturated heterocycles. The minimum absolute atomic E-state index is 0.00186. The summed E-state index contributed by atoms with van der Waals surface area (Å²) in [4.78, 5) is 60.8. The van der Waals surface area contributed by atoms with Gasteiger partial charge in [-0.25, -0.2) is 18.2 Å². The normalized spacial score (nSPS) is 28.0. The molecule has 0 radical (unpaired) electrons. The highest BCUT2D eigenvalue weighted by atomic mass is 32.2. The zero-order chi connectivity index (χ0) is 35.1. The summed E-state index contributed by atoms with van der Waals surface area (Å²) in [6, 6.07) is 5.85. The third-order valence-electron chi connectivity index (χ3n) is 9.89. The Morgan fingerprint density at radius 3 is 2.61 bits per heavy atom. The Hall–Kier alpha value is -4.20. The van der Waals surface area contributed by atoms with Crippen molar-refractivity contribution in [2.45, 2.75) is 101 Å². The van der Waals surface area contributed by atoms with Gasteiger partial charge in [0.2, 0.25) is 27.7 Å². The second-order valence-electron chi connectivity index (χ2n) is 14.7. The molecule has 5 atom stereocenters. The number of aryl methyl sites for hydroxylation is 1. The molecule has 2 aliphatic heterocycles. The molecule has 4 aliphatic rings. The number of rotatable bonds is 6. The molecule has 0 unspecified atom stereocenters. The molecule has 14 heteroatoms. The van der Waals surface area contributed by atoms with E-state index in [1.807, 2.05) is 18.2 Å². The fraction of sp³-hybridized carbons (Fsp3) is 0.571. The SMILES string of the molecule is C=C[C@@H]1C[C@]1(NC(=O)[C@@H]1C[C@@H]2CN1C(=O)[C@H](C(C)(C)C)NC(=O)OCCCCCc1ccc3ccnc(c3c1)O2)C(=O)NS(=O)(=O)C1CC1. The lowest BCUT2D eigenvalue weighted by Gasteiger charge is -2.35. The molecule has 3 fully saturated rings. The Balaban J connectivity index is 1.32. The van der Waals surface area contributed by atoms with Crippen molar-refractivity contribution in [3.63, 3.8) is 0 Å². The molecule has 49 heavy (non-hydrogen) atoms. The van der Waals surface area contributed by atoms with E-state index in [0.29, 0.717) is 25.1 Å². The smallest absolute Gasteiger partial charge is 0.407 e. The van der Waals surface area contributed by atoms with Crippen molar-refractivity contribution in [2.24, 2.45) is 11.3 Å². The summed E-state index contributed by atoms with van der Waals surface area (Å²) in [6.07, 6.45) is 6.14. The van der Waals surface area contributed by atoms with E-state index < -0.39 is 74.1 Å². The topological polar surface area (TPSA) is 173 Å². The maximum Gasteiger partial charge on any atom is 0.407 e. The third kappa shape index (κ3) is 7.38. The summed E-state index contributed by atoms with van der Waals surface area (Å²) in [6.45, 7) is 9.37. The summed E-state index contributed by atoms with van der Waals surface area (Å²) in [5.74, 6) is -2.11. The minimum atomic E-state index is -3.88. The number of alkyl carbamates (subject to hydrolysis) is 1. The molecule has 4 bridgehead atoms. The van der Waals surface area contributed by atoms with Crippen molar-refractivity contribution in [3.8, 4) is 5.88 Å². The highest BCUT2D eigenvalue weighted by Gasteiger charge is 2.62. The van der Waals surface area contributed by atoms with Gasteiger partial charge in [-0.2, -0.15) is 0 Å². The maximum atomic E-state index is 14.4. The fourth-order valence-electron chi connectivity index (χ4n) is 6.74. The lowest BCUT2D eigenvalue weighted by Crippen LogP contribution is -2.60. The Kier molecular flexibility index (Phi) is 9.38. The lowest BCUT2D eigenvalue weighted by atomic mass is 9.85. The van der Waals surface area contributed by atoms with Crippen molar-refractivity contribution in [2.75, 3.05) is 13.2 Å². The van der Waals surface area contributed by atoms with Crippen LogP contribution in [0.4, 0.5) is 4.79 Å². The second-order valence-corrected chi connectivity index (χ2v) is 16.7. The highest BCUT2D eigenvalue weighted by molar-refractivity contribution is 7.91. The van der Waals surface area contributed by atoms with Gasteiger partial charge in [-0.3, -0.25) is 19.1 Å². The lowest BCUT2D eigenvalue weighted by molar-refractivity contribution is -0.142. The van der Waals surface area contributed by atoms with Crippen LogP contribution in [0.15, 0.2) is 43.1 Å². The number of pyridine rings is 1. The molecule has 2 aliphatic carbocycles. The van der Waals surface area contributed by atoms with Gasteiger partial charge in [0.1, 0.15) is 23.7 Å². The van der Waals surface area contributed by atoms with E-state index in [0.717, 1.165) is 35.6 Å². The summed E-state index contributed by atoms with van der Waals surface area (Å²) < 4.78 is 39.3. The number of hydrogen-bond donors (Lipinski definition) is 3.